The zero-order chi connectivity index (χ0) is 38.8. The van der Waals surface area contributed by atoms with Crippen LogP contribution in [-0.4, -0.2) is 15.9 Å². The molecule has 7 aromatic rings. The largest absolute Gasteiger partial charge is 0.512 e. The van der Waals surface area contributed by atoms with Gasteiger partial charge in [-0.15, -0.1) is 29.1 Å². The second kappa shape index (κ2) is 17.1. The fourth-order valence-corrected chi connectivity index (χ4v) is 7.39. The van der Waals surface area contributed by atoms with Gasteiger partial charge in [0.1, 0.15) is 16.9 Å². The Bertz CT molecular complexity index is 2480. The fourth-order valence-electron chi connectivity index (χ4n) is 7.39. The first kappa shape index (κ1) is 41.6. The van der Waals surface area contributed by atoms with Crippen LogP contribution in [0.25, 0.3) is 65.9 Å². The molecule has 0 amide bonds. The number of aromatic nitrogens is 1. The number of aliphatic hydroxyl groups excluding tert-OH is 1. The molecule has 0 bridgehead atoms. The van der Waals surface area contributed by atoms with Gasteiger partial charge in [-0.1, -0.05) is 133 Å². The molecule has 1 radical (unpaired) electrons. The predicted molar refractivity (Wildman–Crippen MR) is 228 cm³/mol. The van der Waals surface area contributed by atoms with Crippen molar-refractivity contribution in [2.24, 2.45) is 10.8 Å². The maximum atomic E-state index is 12.2. The summed E-state index contributed by atoms with van der Waals surface area (Å²) in [7, 11) is 0. The van der Waals surface area contributed by atoms with Gasteiger partial charge in [0.25, 0.3) is 0 Å². The van der Waals surface area contributed by atoms with Crippen LogP contribution in [0.1, 0.15) is 98.1 Å². The number of furan rings is 1. The van der Waals surface area contributed by atoms with E-state index in [0.717, 1.165) is 69.8 Å². The van der Waals surface area contributed by atoms with Gasteiger partial charge in [0.05, 0.1) is 0 Å². The van der Waals surface area contributed by atoms with Gasteiger partial charge in [-0.05, 0) is 72.6 Å². The molecule has 1 N–H and O–H groups in total. The average molecular weight is 909 g/mol. The molecule has 5 aromatic carbocycles. The van der Waals surface area contributed by atoms with Gasteiger partial charge in [-0.2, -0.15) is 0 Å². The summed E-state index contributed by atoms with van der Waals surface area (Å²) >= 11 is 0. The summed E-state index contributed by atoms with van der Waals surface area (Å²) in [6, 6.07) is 35.8. The van der Waals surface area contributed by atoms with Crippen molar-refractivity contribution >= 4 is 49.3 Å². The third-order valence-electron chi connectivity index (χ3n) is 12.2. The Hall–Kier alpha value is -4.57. The molecule has 0 unspecified atom stereocenters. The van der Waals surface area contributed by atoms with Crippen molar-refractivity contribution in [1.82, 2.24) is 4.98 Å². The van der Waals surface area contributed by atoms with Crippen molar-refractivity contribution in [3.8, 4) is 22.4 Å². The number of hydrogen-bond acceptors (Lipinski definition) is 4. The maximum absolute atomic E-state index is 12.2. The number of pyridine rings is 1. The molecule has 0 aliphatic heterocycles. The summed E-state index contributed by atoms with van der Waals surface area (Å²) < 4.78 is 6.63. The smallest absolute Gasteiger partial charge is 0.164 e. The molecule has 0 spiro atoms. The summed E-state index contributed by atoms with van der Waals surface area (Å²) in [5, 5.41) is 17.2. The molecular formula is C50H54IrNO3-. The summed E-state index contributed by atoms with van der Waals surface area (Å²) in [6.45, 7) is 18.7. The number of hydrogen-bond donors (Lipinski definition) is 1. The van der Waals surface area contributed by atoms with E-state index in [1.54, 1.807) is 0 Å². The Kier molecular flexibility index (Phi) is 12.9. The monoisotopic (exact) mass is 909 g/mol. The molecule has 0 aliphatic rings. The number of nitrogens with zero attached hydrogens (tertiary/aromatic N) is 1. The average Bonchev–Trinajstić information content (AvgIpc) is 3.60. The predicted octanol–water partition coefficient (Wildman–Crippen LogP) is 14.5. The van der Waals surface area contributed by atoms with E-state index in [-0.39, 0.29) is 42.5 Å². The van der Waals surface area contributed by atoms with Crippen LogP contribution in [0.5, 0.6) is 0 Å². The van der Waals surface area contributed by atoms with Gasteiger partial charge in [0.2, 0.25) is 0 Å². The summed E-state index contributed by atoms with van der Waals surface area (Å²) in [6.07, 6.45) is 6.64. The number of fused-ring (bicyclic) bond motifs is 6. The molecule has 2 heterocycles. The van der Waals surface area contributed by atoms with E-state index in [1.807, 2.05) is 53.8 Å². The third kappa shape index (κ3) is 7.93. The molecule has 2 aromatic heterocycles. The first-order valence-corrected chi connectivity index (χ1v) is 19.6. The Morgan fingerprint density at radius 2 is 1.44 bits per heavy atom. The van der Waals surface area contributed by atoms with Gasteiger partial charge in [-0.3, -0.25) is 9.78 Å². The van der Waals surface area contributed by atoms with E-state index < -0.39 is 0 Å². The van der Waals surface area contributed by atoms with E-state index in [1.165, 1.54) is 38.9 Å². The van der Waals surface area contributed by atoms with Crippen LogP contribution >= 0.6 is 0 Å². The second-order valence-electron chi connectivity index (χ2n) is 15.6. The van der Waals surface area contributed by atoms with Crippen LogP contribution in [0.4, 0.5) is 0 Å². The number of allylic oxidation sites excluding steroid dienone is 2. The molecule has 4 nitrogen and oxygen atoms in total. The number of ketones is 1. The van der Waals surface area contributed by atoms with E-state index in [4.69, 9.17) is 9.40 Å². The molecular weight excluding hydrogens is 855 g/mol. The summed E-state index contributed by atoms with van der Waals surface area (Å²) in [5.41, 5.74) is 7.77. The van der Waals surface area contributed by atoms with Crippen LogP contribution in [0.3, 0.4) is 0 Å². The molecule has 0 atom stereocenters. The Balaban J connectivity index is 0.000000276. The van der Waals surface area contributed by atoms with Gasteiger partial charge in [0, 0.05) is 65.2 Å². The van der Waals surface area contributed by atoms with Crippen LogP contribution < -0.4 is 0 Å². The molecule has 0 saturated carbocycles. The summed E-state index contributed by atoms with van der Waals surface area (Å²) in [5.74, 6) is 0.640. The van der Waals surface area contributed by atoms with Crippen molar-refractivity contribution in [2.75, 3.05) is 0 Å². The third-order valence-corrected chi connectivity index (χ3v) is 12.2. The van der Waals surface area contributed by atoms with Crippen LogP contribution in [0.2, 0.25) is 0 Å². The SMILES string of the molecule is CCC(C)(CC)C(=O)/C=C(\O)C(C)(CC)CC.Cc1c(-c2ccccc2)ccc2c1oc1c(-c3[c-]c4ccc5ccccc5c4c(C(C)C)c3)nccc12.[Ir]. The van der Waals surface area contributed by atoms with Gasteiger partial charge >= 0.3 is 0 Å². The van der Waals surface area contributed by atoms with Crippen LogP contribution in [-0.2, 0) is 24.9 Å². The standard InChI is InChI=1S/C35H26NO.C15H28O2.Ir/c1-21(2)31-20-26(19-25-14-13-24-11-7-8-12-28(24)32(25)31)33-35-30(17-18-36-33)29-16-15-27(22(3)34(29)37-35)23-9-5-4-6-10-23;1-7-14(5,8-2)12(16)11-13(17)15(6,9-3)10-4;/h4-18,20-21H,1-3H3;11,16H,7-10H2,1-6H3;/q-1;;/b;12-11-;. The van der Waals surface area contributed by atoms with E-state index in [9.17, 15) is 9.90 Å². The van der Waals surface area contributed by atoms with Crippen molar-refractivity contribution in [2.45, 2.75) is 93.9 Å². The molecule has 55 heavy (non-hydrogen) atoms. The van der Waals surface area contributed by atoms with E-state index in [0.29, 0.717) is 5.92 Å². The zero-order valence-electron chi connectivity index (χ0n) is 33.8. The number of aliphatic hydroxyl groups is 1. The van der Waals surface area contributed by atoms with Crippen molar-refractivity contribution in [1.29, 1.82) is 0 Å². The Morgan fingerprint density at radius 3 is 2.09 bits per heavy atom. The first-order chi connectivity index (χ1) is 25.9. The van der Waals surface area contributed by atoms with Crippen molar-refractivity contribution in [3.05, 3.63) is 126 Å². The molecule has 0 aliphatic carbocycles. The number of rotatable bonds is 10. The molecule has 5 heteroatoms. The molecule has 287 valence electrons. The minimum Gasteiger partial charge on any atom is -0.512 e. The normalized spacial score (nSPS) is 12.3. The van der Waals surface area contributed by atoms with Gasteiger partial charge in [0.15, 0.2) is 5.78 Å². The molecule has 0 fully saturated rings. The number of benzene rings is 5. The minimum atomic E-state index is -0.337. The fraction of sp³-hybridized carbons (Fsp3) is 0.320. The molecule has 7 rings (SSSR count). The number of aryl methyl sites for hydroxylation is 1. The maximum Gasteiger partial charge on any atom is 0.164 e. The van der Waals surface area contributed by atoms with Gasteiger partial charge in [-0.25, -0.2) is 0 Å². The number of carbonyl (C=O) groups excluding carboxylic acids is 1. The zero-order valence-corrected chi connectivity index (χ0v) is 36.2. The molecule has 0 saturated heterocycles. The summed E-state index contributed by atoms with van der Waals surface area (Å²) in [4.78, 5) is 17.0. The van der Waals surface area contributed by atoms with E-state index in [2.05, 4.69) is 112 Å². The van der Waals surface area contributed by atoms with Crippen molar-refractivity contribution in [3.63, 3.8) is 0 Å². The second-order valence-corrected chi connectivity index (χ2v) is 15.6. The first-order valence-electron chi connectivity index (χ1n) is 19.6. The Labute approximate surface area is 340 Å². The quantitative estimate of drug-likeness (QED) is 0.0643. The van der Waals surface area contributed by atoms with Crippen molar-refractivity contribution < 1.29 is 34.4 Å². The van der Waals surface area contributed by atoms with Crippen LogP contribution in [0, 0.1) is 23.8 Å². The topological polar surface area (TPSA) is 63.3 Å². The van der Waals surface area contributed by atoms with Gasteiger partial charge < -0.3 is 9.52 Å². The Morgan fingerprint density at radius 1 is 0.800 bits per heavy atom. The van der Waals surface area contributed by atoms with E-state index >= 15 is 0 Å². The number of carbonyl (C=O) groups is 1. The minimum absolute atomic E-state index is 0. The van der Waals surface area contributed by atoms with Crippen LogP contribution in [0.15, 0.2) is 113 Å².